The topological polar surface area (TPSA) is 158 Å². The van der Waals surface area contributed by atoms with Crippen molar-refractivity contribution in [3.8, 4) is 28.7 Å². The van der Waals surface area contributed by atoms with E-state index >= 15 is 0 Å². The van der Waals surface area contributed by atoms with E-state index in [9.17, 15) is 4.57 Å². The van der Waals surface area contributed by atoms with Crippen LogP contribution < -0.4 is 29.2 Å². The molecule has 0 atom stereocenters. The minimum absolute atomic E-state index is 0.0575. The lowest BCUT2D eigenvalue weighted by atomic mass is 10.1. The second-order valence-electron chi connectivity index (χ2n) is 6.90. The van der Waals surface area contributed by atoms with E-state index in [4.69, 9.17) is 34.5 Å². The first-order chi connectivity index (χ1) is 16.7. The maximum atomic E-state index is 11.1. The van der Waals surface area contributed by atoms with E-state index in [1.54, 1.807) is 48.9 Å². The minimum Gasteiger partial charge on any atom is -0.493 e. The Morgan fingerprint density at radius 2 is 1.51 bits per heavy atom. The number of rotatable bonds is 10. The Labute approximate surface area is 203 Å². The molecule has 1 heterocycles. The average molecular weight is 507 g/mol. The highest BCUT2D eigenvalue weighted by molar-refractivity contribution is 7.46. The molecule has 0 aliphatic carbocycles. The third kappa shape index (κ3) is 8.66. The molecule has 3 rings (SSSR count). The molecule has 0 aliphatic rings. The van der Waals surface area contributed by atoms with Crippen LogP contribution in [0, 0.1) is 0 Å². The van der Waals surface area contributed by atoms with Gasteiger partial charge in [-0.2, -0.15) is 0 Å². The van der Waals surface area contributed by atoms with Crippen molar-refractivity contribution in [1.82, 2.24) is 9.97 Å². The fourth-order valence-electron chi connectivity index (χ4n) is 2.96. The molecule has 11 nitrogen and oxygen atoms in total. The van der Waals surface area contributed by atoms with Crippen LogP contribution in [0.1, 0.15) is 16.8 Å². The minimum atomic E-state index is -4.71. The summed E-state index contributed by atoms with van der Waals surface area (Å²) in [5.41, 5.74) is 7.80. The Kier molecular flexibility index (Phi) is 10.6. The largest absolute Gasteiger partial charge is 0.524 e. The molecule has 0 fully saturated rings. The highest BCUT2D eigenvalue weighted by Crippen LogP contribution is 2.42. The molecule has 0 radical (unpaired) electrons. The lowest BCUT2D eigenvalue weighted by Gasteiger charge is -2.13. The molecule has 190 valence electrons. The number of nitrogens with one attached hydrogen (secondary N) is 1. The van der Waals surface area contributed by atoms with E-state index in [0.29, 0.717) is 29.4 Å². The fraction of sp³-hybridized carbons (Fsp3) is 0.261. The number of phosphoric acid groups is 1. The van der Waals surface area contributed by atoms with E-state index < -0.39 is 7.82 Å². The first-order valence-electron chi connectivity index (χ1n) is 10.3. The summed E-state index contributed by atoms with van der Waals surface area (Å²) >= 11 is 0. The van der Waals surface area contributed by atoms with Gasteiger partial charge in [0, 0.05) is 18.3 Å². The van der Waals surface area contributed by atoms with Crippen LogP contribution in [0.4, 0.5) is 0 Å². The van der Waals surface area contributed by atoms with Gasteiger partial charge in [0.05, 0.1) is 34.8 Å². The number of phosphoric ester groups is 1. The van der Waals surface area contributed by atoms with Crippen LogP contribution in [0.3, 0.4) is 0 Å². The molecule has 0 amide bonds. The standard InChI is InChI=1S/C18H21O8P.C5H9N3/c1-22-14-8-7-12(9-15(14)26-27(19,20)21)5-6-13-10-16(23-2)18(25-4)17(11-13)24-3;6-2-1-5-3-7-4-8-5/h5-11H,1-4H3,(H2,19,20,21);3-4H,1-2,6H2,(H,7,8)/b6-5-;. The number of nitrogens with zero attached hydrogens (tertiary/aromatic N) is 1. The van der Waals surface area contributed by atoms with Crippen molar-refractivity contribution < 1.29 is 37.8 Å². The molecular weight excluding hydrogens is 477 g/mol. The molecule has 12 heteroatoms. The van der Waals surface area contributed by atoms with E-state index in [1.807, 2.05) is 0 Å². The van der Waals surface area contributed by atoms with Gasteiger partial charge in [-0.1, -0.05) is 18.2 Å². The molecule has 0 unspecified atom stereocenters. The summed E-state index contributed by atoms with van der Waals surface area (Å²) in [4.78, 5) is 24.8. The zero-order valence-corrected chi connectivity index (χ0v) is 20.8. The van der Waals surface area contributed by atoms with Gasteiger partial charge in [-0.15, -0.1) is 0 Å². The Hall–Kier alpha value is -3.50. The van der Waals surface area contributed by atoms with E-state index in [0.717, 1.165) is 17.7 Å². The van der Waals surface area contributed by atoms with Crippen LogP contribution >= 0.6 is 7.82 Å². The van der Waals surface area contributed by atoms with Gasteiger partial charge in [0.25, 0.3) is 0 Å². The van der Waals surface area contributed by atoms with Gasteiger partial charge in [-0.05, 0) is 41.9 Å². The molecule has 0 spiro atoms. The number of aromatic amines is 1. The van der Waals surface area contributed by atoms with Crippen LogP contribution in [0.15, 0.2) is 42.9 Å². The normalized spacial score (nSPS) is 10.9. The summed E-state index contributed by atoms with van der Waals surface area (Å²) in [5.74, 6) is 1.66. The Morgan fingerprint density at radius 3 is 2.00 bits per heavy atom. The van der Waals surface area contributed by atoms with Crippen molar-refractivity contribution in [3.05, 3.63) is 59.7 Å². The molecule has 5 N–H and O–H groups in total. The molecule has 3 aromatic rings. The molecular formula is C23H30N3O8P. The van der Waals surface area contributed by atoms with Crippen LogP contribution in [0.25, 0.3) is 12.2 Å². The molecule has 2 aromatic carbocycles. The summed E-state index contributed by atoms with van der Waals surface area (Å²) < 4.78 is 36.8. The number of aromatic nitrogens is 2. The van der Waals surface area contributed by atoms with Gasteiger partial charge in [-0.3, -0.25) is 9.79 Å². The summed E-state index contributed by atoms with van der Waals surface area (Å²) in [6, 6.07) is 8.29. The van der Waals surface area contributed by atoms with Crippen LogP contribution in [-0.4, -0.2) is 54.7 Å². The second kappa shape index (κ2) is 13.4. The molecule has 1 aromatic heterocycles. The van der Waals surface area contributed by atoms with Crippen LogP contribution in [-0.2, 0) is 11.0 Å². The van der Waals surface area contributed by atoms with E-state index in [1.165, 1.54) is 34.5 Å². The van der Waals surface area contributed by atoms with Gasteiger partial charge >= 0.3 is 7.82 Å². The van der Waals surface area contributed by atoms with Gasteiger partial charge < -0.3 is 34.2 Å². The van der Waals surface area contributed by atoms with Crippen molar-refractivity contribution in [2.75, 3.05) is 35.0 Å². The van der Waals surface area contributed by atoms with Crippen molar-refractivity contribution in [2.24, 2.45) is 5.73 Å². The fourth-order valence-corrected chi connectivity index (χ4v) is 3.36. The molecule has 0 saturated carbocycles. The van der Waals surface area contributed by atoms with Gasteiger partial charge in [0.2, 0.25) is 5.75 Å². The van der Waals surface area contributed by atoms with Crippen LogP contribution in [0.5, 0.6) is 28.7 Å². The van der Waals surface area contributed by atoms with Gasteiger partial charge in [0.1, 0.15) is 0 Å². The third-order valence-corrected chi connectivity index (χ3v) is 4.96. The first-order valence-corrected chi connectivity index (χ1v) is 11.9. The maximum Gasteiger partial charge on any atom is 0.524 e. The zero-order chi connectivity index (χ0) is 25.8. The number of H-pyrrole nitrogens is 1. The highest BCUT2D eigenvalue weighted by atomic mass is 31.2. The quantitative estimate of drug-likeness (QED) is 0.237. The Bertz CT molecular complexity index is 1120. The van der Waals surface area contributed by atoms with Crippen molar-refractivity contribution in [3.63, 3.8) is 0 Å². The summed E-state index contributed by atoms with van der Waals surface area (Å²) in [7, 11) is 1.26. The predicted octanol–water partition coefficient (Wildman–Crippen LogP) is 3.27. The lowest BCUT2D eigenvalue weighted by molar-refractivity contribution is 0.276. The number of benzene rings is 2. The van der Waals surface area contributed by atoms with Crippen LogP contribution in [0.2, 0.25) is 0 Å². The number of nitrogens with two attached hydrogens (primary N) is 1. The Morgan fingerprint density at radius 1 is 0.914 bits per heavy atom. The monoisotopic (exact) mass is 507 g/mol. The lowest BCUT2D eigenvalue weighted by Crippen LogP contribution is -2.02. The molecule has 0 bridgehead atoms. The smallest absolute Gasteiger partial charge is 0.493 e. The number of imidazole rings is 1. The maximum absolute atomic E-state index is 11.1. The summed E-state index contributed by atoms with van der Waals surface area (Å²) in [5, 5.41) is 0. The molecule has 35 heavy (non-hydrogen) atoms. The van der Waals surface area contributed by atoms with Crippen molar-refractivity contribution in [2.45, 2.75) is 6.42 Å². The number of hydrogen-bond acceptors (Lipinski definition) is 8. The second-order valence-corrected chi connectivity index (χ2v) is 8.06. The summed E-state index contributed by atoms with van der Waals surface area (Å²) in [6.45, 7) is 0.683. The number of hydrogen-bond donors (Lipinski definition) is 4. The number of ether oxygens (including phenoxy) is 4. The van der Waals surface area contributed by atoms with Crippen molar-refractivity contribution in [1.29, 1.82) is 0 Å². The number of methoxy groups -OCH3 is 4. The average Bonchev–Trinajstić information content (AvgIpc) is 3.35. The van der Waals surface area contributed by atoms with E-state index in [-0.39, 0.29) is 11.5 Å². The van der Waals surface area contributed by atoms with Crippen molar-refractivity contribution >= 4 is 20.0 Å². The first kappa shape index (κ1) is 27.7. The van der Waals surface area contributed by atoms with Gasteiger partial charge in [0.15, 0.2) is 23.0 Å². The molecule has 0 saturated heterocycles. The predicted molar refractivity (Wildman–Crippen MR) is 132 cm³/mol. The van der Waals surface area contributed by atoms with Gasteiger partial charge in [-0.25, -0.2) is 9.55 Å². The Balaban J connectivity index is 0.000000456. The highest BCUT2D eigenvalue weighted by Gasteiger charge is 2.19. The SMILES string of the molecule is COc1ccc(/C=C\c2cc(OC)c(OC)c(OC)c2)cc1OP(=O)(O)O.NCCc1cnc[nH]1. The zero-order valence-electron chi connectivity index (χ0n) is 19.9. The van der Waals surface area contributed by atoms with E-state index in [2.05, 4.69) is 14.5 Å². The molecule has 0 aliphatic heterocycles. The summed E-state index contributed by atoms with van der Waals surface area (Å²) in [6.07, 6.45) is 7.86. The third-order valence-electron chi connectivity index (χ3n) is 4.53.